The number of ether oxygens (including phenoxy) is 1. The number of hydrogen-bond donors (Lipinski definition) is 3. The number of fused-ring (bicyclic) bond motifs is 3. The zero-order valence-corrected chi connectivity index (χ0v) is 16.4. The minimum Gasteiger partial charge on any atom is -0.449 e. The molecule has 1 aliphatic carbocycles. The number of rotatable bonds is 6. The summed E-state index contributed by atoms with van der Waals surface area (Å²) < 4.78 is 5.52. The van der Waals surface area contributed by atoms with Gasteiger partial charge >= 0.3 is 6.09 Å². The zero-order valence-electron chi connectivity index (χ0n) is 16.4. The minimum atomic E-state index is -0.839. The van der Waals surface area contributed by atoms with Crippen LogP contribution in [0.15, 0.2) is 72.8 Å². The van der Waals surface area contributed by atoms with E-state index in [1.807, 2.05) is 24.3 Å². The second kappa shape index (κ2) is 8.39. The van der Waals surface area contributed by atoms with Gasteiger partial charge in [-0.25, -0.2) is 4.79 Å². The van der Waals surface area contributed by atoms with Gasteiger partial charge in [0.1, 0.15) is 12.6 Å². The van der Waals surface area contributed by atoms with E-state index in [-0.39, 0.29) is 12.5 Å². The van der Waals surface area contributed by atoms with E-state index in [4.69, 9.17) is 16.2 Å². The van der Waals surface area contributed by atoms with Gasteiger partial charge in [-0.2, -0.15) is 0 Å². The molecule has 0 heterocycles. The van der Waals surface area contributed by atoms with Gasteiger partial charge in [0.25, 0.3) is 0 Å². The Hall–Kier alpha value is -3.64. The van der Waals surface area contributed by atoms with Crippen molar-refractivity contribution in [3.8, 4) is 11.1 Å². The summed E-state index contributed by atoms with van der Waals surface area (Å²) in [5, 5.41) is 2.76. The fraction of sp³-hybridized carbons (Fsp3) is 0.167. The largest absolute Gasteiger partial charge is 0.449 e. The summed E-state index contributed by atoms with van der Waals surface area (Å²) in [5.74, 6) is -0.558. The highest BCUT2D eigenvalue weighted by Gasteiger charge is 2.28. The van der Waals surface area contributed by atoms with Crippen LogP contribution in [0, 0.1) is 0 Å². The zero-order chi connectivity index (χ0) is 21.1. The van der Waals surface area contributed by atoms with Crippen molar-refractivity contribution < 1.29 is 14.3 Å². The van der Waals surface area contributed by atoms with E-state index in [9.17, 15) is 9.59 Å². The average Bonchev–Trinajstić information content (AvgIpc) is 3.10. The van der Waals surface area contributed by atoms with Crippen molar-refractivity contribution in [2.45, 2.75) is 18.5 Å². The predicted octanol–water partition coefficient (Wildman–Crippen LogP) is 3.21. The number of alkyl carbamates (subject to hydrolysis) is 1. The van der Waals surface area contributed by atoms with Crippen LogP contribution in [0.3, 0.4) is 0 Å². The Kier molecular flexibility index (Phi) is 5.50. The summed E-state index contributed by atoms with van der Waals surface area (Å²) in [7, 11) is 0. The van der Waals surface area contributed by atoms with Gasteiger partial charge in [0.05, 0.1) is 0 Å². The fourth-order valence-corrected chi connectivity index (χ4v) is 3.83. The maximum Gasteiger partial charge on any atom is 0.407 e. The van der Waals surface area contributed by atoms with Gasteiger partial charge in [0.15, 0.2) is 0 Å². The van der Waals surface area contributed by atoms with Gasteiger partial charge < -0.3 is 21.5 Å². The minimum absolute atomic E-state index is 0.0257. The molecule has 3 aromatic rings. The number of benzene rings is 3. The first-order valence-corrected chi connectivity index (χ1v) is 9.77. The number of amides is 2. The third-order valence-electron chi connectivity index (χ3n) is 5.43. The molecule has 0 spiro atoms. The van der Waals surface area contributed by atoms with Crippen LogP contribution in [-0.4, -0.2) is 18.6 Å². The molecule has 5 N–H and O–H groups in total. The molecule has 152 valence electrons. The molecule has 0 aliphatic heterocycles. The summed E-state index contributed by atoms with van der Waals surface area (Å²) in [4.78, 5) is 23.4. The van der Waals surface area contributed by atoms with Crippen molar-refractivity contribution in [3.05, 3.63) is 95.1 Å². The number of primary amides is 1. The van der Waals surface area contributed by atoms with Gasteiger partial charge in [-0.15, -0.1) is 0 Å². The third kappa shape index (κ3) is 3.90. The Bertz CT molecular complexity index is 1030. The van der Waals surface area contributed by atoms with E-state index in [1.165, 1.54) is 22.3 Å². The standard InChI is InChI=1S/C24H23N3O3/c25-22(23(26)28)16-11-9-15(10-12-16)13-27-24(29)30-14-21-19-7-3-1-5-17(19)18-6-2-4-8-20(18)21/h1-12,21-22H,13-14,25H2,(H2,26,28)(H,27,29). The first-order chi connectivity index (χ1) is 14.5. The lowest BCUT2D eigenvalue weighted by atomic mass is 9.98. The third-order valence-corrected chi connectivity index (χ3v) is 5.43. The highest BCUT2D eigenvalue weighted by Crippen LogP contribution is 2.44. The number of carbonyl (C=O) groups is 2. The van der Waals surface area contributed by atoms with Crippen LogP contribution in [0.25, 0.3) is 11.1 Å². The Labute approximate surface area is 174 Å². The number of hydrogen-bond acceptors (Lipinski definition) is 4. The molecule has 6 nitrogen and oxygen atoms in total. The molecule has 6 heteroatoms. The van der Waals surface area contributed by atoms with Crippen LogP contribution in [0.1, 0.15) is 34.2 Å². The van der Waals surface area contributed by atoms with Crippen LogP contribution in [0.2, 0.25) is 0 Å². The van der Waals surface area contributed by atoms with Crippen molar-refractivity contribution in [2.24, 2.45) is 11.5 Å². The van der Waals surface area contributed by atoms with Crippen molar-refractivity contribution in [3.63, 3.8) is 0 Å². The molecule has 2 amide bonds. The topological polar surface area (TPSA) is 107 Å². The molecular weight excluding hydrogens is 378 g/mol. The average molecular weight is 401 g/mol. The van der Waals surface area contributed by atoms with Crippen LogP contribution in [0.5, 0.6) is 0 Å². The Morgan fingerprint density at radius 2 is 1.47 bits per heavy atom. The van der Waals surface area contributed by atoms with Crippen molar-refractivity contribution in [2.75, 3.05) is 6.61 Å². The van der Waals surface area contributed by atoms with E-state index < -0.39 is 18.0 Å². The summed E-state index contributed by atoms with van der Waals surface area (Å²) >= 11 is 0. The summed E-state index contributed by atoms with van der Waals surface area (Å²) in [5.41, 5.74) is 17.2. The molecule has 0 bridgehead atoms. The predicted molar refractivity (Wildman–Crippen MR) is 114 cm³/mol. The molecule has 3 aromatic carbocycles. The lowest BCUT2D eigenvalue weighted by Gasteiger charge is -2.15. The normalized spacial score (nSPS) is 13.2. The van der Waals surface area contributed by atoms with Crippen LogP contribution >= 0.6 is 0 Å². The molecule has 1 unspecified atom stereocenters. The monoisotopic (exact) mass is 401 g/mol. The molecule has 1 aliphatic rings. The van der Waals surface area contributed by atoms with Gasteiger partial charge in [0, 0.05) is 12.5 Å². The van der Waals surface area contributed by atoms with Gasteiger partial charge in [-0.1, -0.05) is 72.8 Å². The molecule has 0 fully saturated rings. The molecule has 30 heavy (non-hydrogen) atoms. The molecule has 4 rings (SSSR count). The smallest absolute Gasteiger partial charge is 0.407 e. The second-order valence-electron chi connectivity index (χ2n) is 7.30. The highest BCUT2D eigenvalue weighted by molar-refractivity contribution is 5.81. The van der Waals surface area contributed by atoms with E-state index in [2.05, 4.69) is 29.6 Å². The van der Waals surface area contributed by atoms with Gasteiger partial charge in [-0.3, -0.25) is 4.79 Å². The van der Waals surface area contributed by atoms with Gasteiger partial charge in [0.2, 0.25) is 5.91 Å². The highest BCUT2D eigenvalue weighted by atomic mass is 16.5. The molecule has 1 atom stereocenters. The van der Waals surface area contributed by atoms with Crippen LogP contribution in [0.4, 0.5) is 4.79 Å². The number of nitrogens with two attached hydrogens (primary N) is 2. The molecule has 0 saturated heterocycles. The van der Waals surface area contributed by atoms with E-state index >= 15 is 0 Å². The lowest BCUT2D eigenvalue weighted by Crippen LogP contribution is -2.28. The van der Waals surface area contributed by atoms with Crippen LogP contribution in [-0.2, 0) is 16.1 Å². The molecule has 0 saturated carbocycles. The summed E-state index contributed by atoms with van der Waals surface area (Å²) in [6, 6.07) is 22.6. The Morgan fingerprint density at radius 1 is 0.900 bits per heavy atom. The second-order valence-corrected chi connectivity index (χ2v) is 7.30. The van der Waals surface area contributed by atoms with Crippen molar-refractivity contribution in [1.29, 1.82) is 0 Å². The molecule has 0 radical (unpaired) electrons. The number of carbonyl (C=O) groups excluding carboxylic acids is 2. The Balaban J connectivity index is 1.35. The first-order valence-electron chi connectivity index (χ1n) is 9.77. The van der Waals surface area contributed by atoms with E-state index in [0.29, 0.717) is 12.1 Å². The van der Waals surface area contributed by atoms with Gasteiger partial charge in [-0.05, 0) is 33.4 Å². The van der Waals surface area contributed by atoms with E-state index in [0.717, 1.165) is 5.56 Å². The fourth-order valence-electron chi connectivity index (χ4n) is 3.83. The molecule has 0 aromatic heterocycles. The maximum absolute atomic E-state index is 12.2. The molecular formula is C24H23N3O3. The van der Waals surface area contributed by atoms with Crippen molar-refractivity contribution >= 4 is 12.0 Å². The SMILES string of the molecule is NC(=O)C(N)c1ccc(CNC(=O)OCC2c3ccccc3-c3ccccc32)cc1. The quantitative estimate of drug-likeness (QED) is 0.589. The van der Waals surface area contributed by atoms with Crippen LogP contribution < -0.4 is 16.8 Å². The maximum atomic E-state index is 12.2. The first kappa shape index (κ1) is 19.7. The number of nitrogens with one attached hydrogen (secondary N) is 1. The lowest BCUT2D eigenvalue weighted by molar-refractivity contribution is -0.119. The summed E-state index contributed by atoms with van der Waals surface area (Å²) in [6.45, 7) is 0.578. The summed E-state index contributed by atoms with van der Waals surface area (Å²) in [6.07, 6.45) is -0.477. The van der Waals surface area contributed by atoms with Crippen molar-refractivity contribution in [1.82, 2.24) is 5.32 Å². The Morgan fingerprint density at radius 3 is 2.03 bits per heavy atom. The van der Waals surface area contributed by atoms with E-state index in [1.54, 1.807) is 24.3 Å².